The molecule has 0 bridgehead atoms. The molecule has 2 heterocycles. The molecule has 2 fully saturated rings. The monoisotopic (exact) mass is 484 g/mol. The predicted octanol–water partition coefficient (Wildman–Crippen LogP) is 2.57. The number of benzene rings is 3. The van der Waals surface area contributed by atoms with Gasteiger partial charge in [0, 0.05) is 13.0 Å². The minimum absolute atomic E-state index is 0.0386. The van der Waals surface area contributed by atoms with Gasteiger partial charge in [-0.1, -0.05) is 79.7 Å². The highest BCUT2D eigenvalue weighted by atomic mass is 16.2. The first kappa shape index (κ1) is 24.0. The maximum absolute atomic E-state index is 13.8. The van der Waals surface area contributed by atoms with Crippen LogP contribution in [-0.4, -0.2) is 70.3 Å². The van der Waals surface area contributed by atoms with Crippen molar-refractivity contribution in [1.82, 2.24) is 14.7 Å². The number of nitrogens with two attached hydrogens (primary N) is 1. The molecule has 7 heteroatoms. The predicted molar refractivity (Wildman–Crippen MR) is 139 cm³/mol. The third kappa shape index (κ3) is 4.46. The standard InChI is InChI=1S/C29H32N4O3/c1-2-24(30)28(35)32-19-27(34)33-25(17-22-13-8-12-21-11-6-7-14-23(21)22)29(36)31(18-26(32)33)16-15-20-9-4-3-5-10-20/h3-14,24-26H,2,15-19,30H2,1H3. The minimum atomic E-state index is -0.673. The van der Waals surface area contributed by atoms with Gasteiger partial charge in [-0.3, -0.25) is 14.4 Å². The molecule has 0 saturated carbocycles. The highest BCUT2D eigenvalue weighted by Gasteiger charge is 2.51. The van der Waals surface area contributed by atoms with Crippen LogP contribution in [-0.2, 0) is 27.2 Å². The van der Waals surface area contributed by atoms with Crippen LogP contribution < -0.4 is 5.73 Å². The third-order valence-electron chi connectivity index (χ3n) is 7.44. The first-order chi connectivity index (χ1) is 17.5. The summed E-state index contributed by atoms with van der Waals surface area (Å²) in [7, 11) is 0. The topological polar surface area (TPSA) is 87.0 Å². The molecule has 186 valence electrons. The van der Waals surface area contributed by atoms with Crippen LogP contribution in [0.25, 0.3) is 10.8 Å². The molecule has 2 aliphatic rings. The minimum Gasteiger partial charge on any atom is -0.337 e. The van der Waals surface area contributed by atoms with Gasteiger partial charge in [0.25, 0.3) is 0 Å². The average Bonchev–Trinajstić information content (AvgIpc) is 3.24. The second-order valence-corrected chi connectivity index (χ2v) is 9.64. The van der Waals surface area contributed by atoms with E-state index in [0.29, 0.717) is 32.4 Å². The lowest BCUT2D eigenvalue weighted by molar-refractivity contribution is -0.155. The van der Waals surface area contributed by atoms with Gasteiger partial charge in [0.1, 0.15) is 18.8 Å². The van der Waals surface area contributed by atoms with Crippen molar-refractivity contribution < 1.29 is 14.4 Å². The number of hydrogen-bond donors (Lipinski definition) is 1. The number of amides is 3. The molecule has 2 saturated heterocycles. The maximum Gasteiger partial charge on any atom is 0.245 e. The van der Waals surface area contributed by atoms with Gasteiger partial charge in [-0.2, -0.15) is 0 Å². The molecular formula is C29H32N4O3. The van der Waals surface area contributed by atoms with Crippen molar-refractivity contribution in [1.29, 1.82) is 0 Å². The number of carbonyl (C=O) groups excluding carboxylic acids is 3. The summed E-state index contributed by atoms with van der Waals surface area (Å²) in [5, 5.41) is 2.16. The Morgan fingerprint density at radius 3 is 2.50 bits per heavy atom. The van der Waals surface area contributed by atoms with Gasteiger partial charge in [-0.05, 0) is 34.7 Å². The second kappa shape index (κ2) is 10.1. The van der Waals surface area contributed by atoms with Gasteiger partial charge in [-0.15, -0.1) is 0 Å². The zero-order chi connectivity index (χ0) is 25.2. The summed E-state index contributed by atoms with van der Waals surface area (Å²) in [6.45, 7) is 2.64. The molecule has 36 heavy (non-hydrogen) atoms. The van der Waals surface area contributed by atoms with E-state index >= 15 is 0 Å². The van der Waals surface area contributed by atoms with E-state index in [0.717, 1.165) is 21.9 Å². The summed E-state index contributed by atoms with van der Waals surface area (Å²) in [5.74, 6) is -0.505. The molecule has 3 unspecified atom stereocenters. The normalized spacial score (nSPS) is 20.7. The first-order valence-electron chi connectivity index (χ1n) is 12.6. The fourth-order valence-corrected chi connectivity index (χ4v) is 5.42. The van der Waals surface area contributed by atoms with Crippen molar-refractivity contribution >= 4 is 28.5 Å². The fraction of sp³-hybridized carbons (Fsp3) is 0.345. The molecule has 0 radical (unpaired) electrons. The Balaban J connectivity index is 1.48. The molecule has 3 amide bonds. The summed E-state index contributed by atoms with van der Waals surface area (Å²) in [5.41, 5.74) is 8.23. The Morgan fingerprint density at radius 1 is 1.00 bits per heavy atom. The van der Waals surface area contributed by atoms with Gasteiger partial charge in [0.05, 0.1) is 12.6 Å². The summed E-state index contributed by atoms with van der Waals surface area (Å²) in [6, 6.07) is 22.8. The lowest BCUT2D eigenvalue weighted by Gasteiger charge is -2.44. The van der Waals surface area contributed by atoms with E-state index in [4.69, 9.17) is 5.73 Å². The highest BCUT2D eigenvalue weighted by Crippen LogP contribution is 2.30. The highest BCUT2D eigenvalue weighted by molar-refractivity contribution is 5.96. The van der Waals surface area contributed by atoms with E-state index in [1.165, 1.54) is 0 Å². The smallest absolute Gasteiger partial charge is 0.245 e. The maximum atomic E-state index is 13.8. The van der Waals surface area contributed by atoms with Gasteiger partial charge in [0.2, 0.25) is 17.7 Å². The molecule has 2 N–H and O–H groups in total. The van der Waals surface area contributed by atoms with Crippen molar-refractivity contribution in [2.24, 2.45) is 5.73 Å². The van der Waals surface area contributed by atoms with Gasteiger partial charge < -0.3 is 20.4 Å². The van der Waals surface area contributed by atoms with Crippen LogP contribution in [0.4, 0.5) is 0 Å². The number of piperazine rings is 1. The number of rotatable bonds is 7. The first-order valence-corrected chi connectivity index (χ1v) is 12.6. The zero-order valence-electron chi connectivity index (χ0n) is 20.5. The van der Waals surface area contributed by atoms with E-state index in [1.807, 2.05) is 84.6 Å². The molecule has 0 spiro atoms. The molecule has 7 nitrogen and oxygen atoms in total. The molecule has 5 rings (SSSR count). The molecule has 2 aliphatic heterocycles. The summed E-state index contributed by atoms with van der Waals surface area (Å²) in [6.07, 6.45) is 1.09. The van der Waals surface area contributed by atoms with Crippen LogP contribution in [0.1, 0.15) is 24.5 Å². The zero-order valence-corrected chi connectivity index (χ0v) is 20.5. The largest absolute Gasteiger partial charge is 0.337 e. The Bertz CT molecular complexity index is 1270. The second-order valence-electron chi connectivity index (χ2n) is 9.64. The molecule has 0 aromatic heterocycles. The Morgan fingerprint density at radius 2 is 1.72 bits per heavy atom. The average molecular weight is 485 g/mol. The van der Waals surface area contributed by atoms with E-state index in [9.17, 15) is 14.4 Å². The van der Waals surface area contributed by atoms with Crippen molar-refractivity contribution in [3.05, 3.63) is 83.9 Å². The number of carbonyl (C=O) groups is 3. The third-order valence-corrected chi connectivity index (χ3v) is 7.44. The summed E-state index contributed by atoms with van der Waals surface area (Å²) in [4.78, 5) is 45.2. The van der Waals surface area contributed by atoms with Crippen molar-refractivity contribution in [3.8, 4) is 0 Å². The molecule has 3 aromatic rings. The van der Waals surface area contributed by atoms with Gasteiger partial charge in [0.15, 0.2) is 0 Å². The number of fused-ring (bicyclic) bond motifs is 2. The Hall–Kier alpha value is -3.71. The van der Waals surface area contributed by atoms with Crippen molar-refractivity contribution in [2.75, 3.05) is 19.6 Å². The van der Waals surface area contributed by atoms with Gasteiger partial charge in [-0.25, -0.2) is 0 Å². The molecule has 0 aliphatic carbocycles. The lowest BCUT2D eigenvalue weighted by atomic mass is 9.95. The molecular weight excluding hydrogens is 452 g/mol. The Kier molecular flexibility index (Phi) is 6.74. The fourth-order valence-electron chi connectivity index (χ4n) is 5.42. The van der Waals surface area contributed by atoms with E-state index in [1.54, 1.807) is 9.80 Å². The Labute approximate surface area is 211 Å². The van der Waals surface area contributed by atoms with E-state index in [2.05, 4.69) is 0 Å². The summed E-state index contributed by atoms with van der Waals surface area (Å²) >= 11 is 0. The van der Waals surface area contributed by atoms with Crippen LogP contribution in [0, 0.1) is 0 Å². The van der Waals surface area contributed by atoms with Gasteiger partial charge >= 0.3 is 0 Å². The van der Waals surface area contributed by atoms with Crippen LogP contribution in [0.3, 0.4) is 0 Å². The van der Waals surface area contributed by atoms with Crippen LogP contribution in [0.5, 0.6) is 0 Å². The van der Waals surface area contributed by atoms with Crippen LogP contribution >= 0.6 is 0 Å². The van der Waals surface area contributed by atoms with Crippen molar-refractivity contribution in [2.45, 2.75) is 44.4 Å². The number of nitrogens with zero attached hydrogens (tertiary/aromatic N) is 3. The quantitative estimate of drug-likeness (QED) is 0.559. The molecule has 3 atom stereocenters. The van der Waals surface area contributed by atoms with Crippen LogP contribution in [0.2, 0.25) is 0 Å². The molecule has 3 aromatic carbocycles. The van der Waals surface area contributed by atoms with E-state index < -0.39 is 18.2 Å². The summed E-state index contributed by atoms with van der Waals surface area (Å²) < 4.78 is 0. The SMILES string of the molecule is CCC(N)C(=O)N1CC(=O)N2C(Cc3cccc4ccccc34)C(=O)N(CCc3ccccc3)CC12. The van der Waals surface area contributed by atoms with E-state index in [-0.39, 0.29) is 24.3 Å². The number of hydrogen-bond acceptors (Lipinski definition) is 4. The van der Waals surface area contributed by atoms with Crippen molar-refractivity contribution in [3.63, 3.8) is 0 Å². The lowest BCUT2D eigenvalue weighted by Crippen LogP contribution is -2.65. The van der Waals surface area contributed by atoms with Crippen LogP contribution in [0.15, 0.2) is 72.8 Å².